The molecular formula is C16H23ClN2O3. The summed E-state index contributed by atoms with van der Waals surface area (Å²) in [6.07, 6.45) is 3.79. The van der Waals surface area contributed by atoms with E-state index in [0.717, 1.165) is 25.7 Å². The standard InChI is InChI=1S/C16H23ClN2O3/c1-19(13-6-3-11(10-20)4-7-13)16(21)18-12-5-8-15(22-2)14(17)9-12/h5,8-9,11,13,20H,3-4,6-7,10H2,1-2H3,(H,18,21). The first kappa shape index (κ1) is 16.9. The second-order valence-electron chi connectivity index (χ2n) is 5.75. The highest BCUT2D eigenvalue weighted by Crippen LogP contribution is 2.29. The summed E-state index contributed by atoms with van der Waals surface area (Å²) in [6.45, 7) is 0.243. The van der Waals surface area contributed by atoms with Crippen molar-refractivity contribution in [3.05, 3.63) is 23.2 Å². The lowest BCUT2D eigenvalue weighted by molar-refractivity contribution is 0.139. The molecule has 2 rings (SSSR count). The number of nitrogens with zero attached hydrogens (tertiary/aromatic N) is 1. The molecule has 0 unspecified atom stereocenters. The van der Waals surface area contributed by atoms with Crippen molar-refractivity contribution in [1.82, 2.24) is 4.90 Å². The number of carbonyl (C=O) groups excluding carboxylic acids is 1. The molecule has 2 N–H and O–H groups in total. The van der Waals surface area contributed by atoms with E-state index in [0.29, 0.717) is 22.4 Å². The zero-order chi connectivity index (χ0) is 16.1. The van der Waals surface area contributed by atoms with E-state index in [1.54, 1.807) is 30.2 Å². The third-order valence-electron chi connectivity index (χ3n) is 4.35. The molecule has 1 aliphatic rings. The summed E-state index contributed by atoms with van der Waals surface area (Å²) in [7, 11) is 3.36. The van der Waals surface area contributed by atoms with Crippen LogP contribution in [0.3, 0.4) is 0 Å². The number of amides is 2. The number of nitrogens with one attached hydrogen (secondary N) is 1. The van der Waals surface area contributed by atoms with Gasteiger partial charge in [-0.1, -0.05) is 11.6 Å². The highest BCUT2D eigenvalue weighted by atomic mass is 35.5. The summed E-state index contributed by atoms with van der Waals surface area (Å²) >= 11 is 6.06. The van der Waals surface area contributed by atoms with Crippen molar-refractivity contribution in [1.29, 1.82) is 0 Å². The van der Waals surface area contributed by atoms with Gasteiger partial charge in [-0.25, -0.2) is 4.79 Å². The Bertz CT molecular complexity index is 516. The van der Waals surface area contributed by atoms with Gasteiger partial charge < -0.3 is 20.1 Å². The molecule has 1 aromatic carbocycles. The molecule has 0 heterocycles. The number of aliphatic hydroxyl groups is 1. The van der Waals surface area contributed by atoms with Crippen molar-refractivity contribution in [3.63, 3.8) is 0 Å². The third kappa shape index (κ3) is 4.05. The molecule has 1 saturated carbocycles. The first-order valence-corrected chi connectivity index (χ1v) is 7.91. The Morgan fingerprint density at radius 2 is 2.09 bits per heavy atom. The first-order valence-electron chi connectivity index (χ1n) is 7.53. The molecule has 22 heavy (non-hydrogen) atoms. The maximum atomic E-state index is 12.3. The molecule has 1 aromatic rings. The molecule has 5 nitrogen and oxygen atoms in total. The van der Waals surface area contributed by atoms with Crippen LogP contribution < -0.4 is 10.1 Å². The predicted molar refractivity (Wildman–Crippen MR) is 87.6 cm³/mol. The zero-order valence-corrected chi connectivity index (χ0v) is 13.8. The van der Waals surface area contributed by atoms with Crippen molar-refractivity contribution in [2.45, 2.75) is 31.7 Å². The van der Waals surface area contributed by atoms with Crippen LogP contribution in [0.25, 0.3) is 0 Å². The number of ether oxygens (including phenoxy) is 1. The van der Waals surface area contributed by atoms with Crippen molar-refractivity contribution in [2.75, 3.05) is 26.1 Å². The Labute approximate surface area is 136 Å². The average Bonchev–Trinajstić information content (AvgIpc) is 2.54. The summed E-state index contributed by atoms with van der Waals surface area (Å²) < 4.78 is 5.09. The van der Waals surface area contributed by atoms with E-state index in [4.69, 9.17) is 16.3 Å². The SMILES string of the molecule is COc1ccc(NC(=O)N(C)C2CCC(CO)CC2)cc1Cl. The Kier molecular flexibility index (Phi) is 5.91. The van der Waals surface area contributed by atoms with Gasteiger partial charge >= 0.3 is 6.03 Å². The topological polar surface area (TPSA) is 61.8 Å². The van der Waals surface area contributed by atoms with Gasteiger partial charge in [0.05, 0.1) is 12.1 Å². The number of hydrogen-bond donors (Lipinski definition) is 2. The van der Waals surface area contributed by atoms with Crippen LogP contribution in [-0.2, 0) is 0 Å². The van der Waals surface area contributed by atoms with Crippen molar-refractivity contribution < 1.29 is 14.6 Å². The number of hydrogen-bond acceptors (Lipinski definition) is 3. The van der Waals surface area contributed by atoms with Crippen LogP contribution in [0.15, 0.2) is 18.2 Å². The quantitative estimate of drug-likeness (QED) is 0.891. The molecule has 1 fully saturated rings. The summed E-state index contributed by atoms with van der Waals surface area (Å²) in [5.41, 5.74) is 0.645. The number of rotatable bonds is 4. The van der Waals surface area contributed by atoms with Crippen LogP contribution in [0.5, 0.6) is 5.75 Å². The highest BCUT2D eigenvalue weighted by Gasteiger charge is 2.26. The van der Waals surface area contributed by atoms with Crippen LogP contribution in [0.4, 0.5) is 10.5 Å². The van der Waals surface area contributed by atoms with E-state index >= 15 is 0 Å². The summed E-state index contributed by atoms with van der Waals surface area (Å²) in [5, 5.41) is 12.5. The lowest BCUT2D eigenvalue weighted by atomic mass is 9.86. The lowest BCUT2D eigenvalue weighted by Gasteiger charge is -2.34. The van der Waals surface area contributed by atoms with Gasteiger partial charge in [0.15, 0.2) is 0 Å². The van der Waals surface area contributed by atoms with Gasteiger partial charge in [-0.15, -0.1) is 0 Å². The van der Waals surface area contributed by atoms with Gasteiger partial charge in [-0.2, -0.15) is 0 Å². The number of methoxy groups -OCH3 is 1. The van der Waals surface area contributed by atoms with E-state index < -0.39 is 0 Å². The normalized spacial score (nSPS) is 21.3. The molecular weight excluding hydrogens is 304 g/mol. The minimum Gasteiger partial charge on any atom is -0.495 e. The largest absolute Gasteiger partial charge is 0.495 e. The lowest BCUT2D eigenvalue weighted by Crippen LogP contribution is -2.42. The Morgan fingerprint density at radius 1 is 1.41 bits per heavy atom. The molecule has 1 aliphatic carbocycles. The maximum Gasteiger partial charge on any atom is 0.321 e. The molecule has 122 valence electrons. The zero-order valence-electron chi connectivity index (χ0n) is 13.0. The third-order valence-corrected chi connectivity index (χ3v) is 4.64. The molecule has 6 heteroatoms. The van der Waals surface area contributed by atoms with Crippen LogP contribution in [0.1, 0.15) is 25.7 Å². The molecule has 0 radical (unpaired) electrons. The fourth-order valence-corrected chi connectivity index (χ4v) is 3.09. The van der Waals surface area contributed by atoms with Gasteiger partial charge in [0.25, 0.3) is 0 Å². The monoisotopic (exact) mass is 326 g/mol. The molecule has 0 aliphatic heterocycles. The molecule has 0 aromatic heterocycles. The van der Waals surface area contributed by atoms with Crippen molar-refractivity contribution in [2.24, 2.45) is 5.92 Å². The minimum absolute atomic E-state index is 0.145. The van der Waals surface area contributed by atoms with E-state index in [9.17, 15) is 9.90 Å². The molecule has 2 amide bonds. The summed E-state index contributed by atoms with van der Waals surface area (Å²) in [6, 6.07) is 5.24. The molecule has 0 bridgehead atoms. The Balaban J connectivity index is 1.92. The van der Waals surface area contributed by atoms with Gasteiger partial charge in [0.1, 0.15) is 5.75 Å². The van der Waals surface area contributed by atoms with E-state index in [-0.39, 0.29) is 18.7 Å². The Hall–Kier alpha value is -1.46. The predicted octanol–water partition coefficient (Wildman–Crippen LogP) is 3.36. The van der Waals surface area contributed by atoms with Gasteiger partial charge in [-0.05, 0) is 49.8 Å². The summed E-state index contributed by atoms with van der Waals surface area (Å²) in [4.78, 5) is 14.1. The van der Waals surface area contributed by atoms with E-state index in [1.807, 2.05) is 7.05 Å². The van der Waals surface area contributed by atoms with Crippen molar-refractivity contribution in [3.8, 4) is 5.75 Å². The number of aliphatic hydroxyl groups excluding tert-OH is 1. The number of carbonyl (C=O) groups is 1. The van der Waals surface area contributed by atoms with Gasteiger partial charge in [0, 0.05) is 25.4 Å². The number of anilines is 1. The van der Waals surface area contributed by atoms with Crippen LogP contribution in [0.2, 0.25) is 5.02 Å². The van der Waals surface area contributed by atoms with E-state index in [1.165, 1.54) is 0 Å². The van der Waals surface area contributed by atoms with Gasteiger partial charge in [0.2, 0.25) is 0 Å². The number of halogens is 1. The Morgan fingerprint density at radius 3 is 2.64 bits per heavy atom. The number of urea groups is 1. The first-order chi connectivity index (χ1) is 10.5. The van der Waals surface area contributed by atoms with Crippen molar-refractivity contribution >= 4 is 23.3 Å². The average molecular weight is 327 g/mol. The number of benzene rings is 1. The summed E-state index contributed by atoms with van der Waals surface area (Å²) in [5.74, 6) is 0.962. The van der Waals surface area contributed by atoms with Crippen LogP contribution in [-0.4, -0.2) is 42.8 Å². The van der Waals surface area contributed by atoms with Crippen LogP contribution >= 0.6 is 11.6 Å². The smallest absolute Gasteiger partial charge is 0.321 e. The second kappa shape index (κ2) is 7.70. The highest BCUT2D eigenvalue weighted by molar-refractivity contribution is 6.32. The van der Waals surface area contributed by atoms with Crippen LogP contribution in [0, 0.1) is 5.92 Å². The molecule has 0 atom stereocenters. The fourth-order valence-electron chi connectivity index (χ4n) is 2.84. The van der Waals surface area contributed by atoms with Gasteiger partial charge in [-0.3, -0.25) is 0 Å². The molecule has 0 spiro atoms. The van der Waals surface area contributed by atoms with E-state index in [2.05, 4.69) is 5.32 Å². The second-order valence-corrected chi connectivity index (χ2v) is 6.15. The fraction of sp³-hybridized carbons (Fsp3) is 0.562. The minimum atomic E-state index is -0.145. The molecule has 0 saturated heterocycles. The maximum absolute atomic E-state index is 12.3.